The van der Waals surface area contributed by atoms with Crippen LogP contribution in [-0.4, -0.2) is 12.0 Å². The van der Waals surface area contributed by atoms with Crippen LogP contribution in [-0.2, 0) is 5.67 Å². The first kappa shape index (κ1) is 14.5. The average molecular weight is 294 g/mol. The minimum atomic E-state index is -1.43. The van der Waals surface area contributed by atoms with Crippen LogP contribution in [0.15, 0.2) is 48.7 Å². The third-order valence-electron chi connectivity index (χ3n) is 3.81. The summed E-state index contributed by atoms with van der Waals surface area (Å²) in [6, 6.07) is 13.8. The minimum absolute atomic E-state index is 0.620. The number of alkyl halides is 1. The fraction of sp³-hybridized carbons (Fsp3) is 0.211. The maximum absolute atomic E-state index is 14.6. The van der Waals surface area contributed by atoms with Crippen LogP contribution >= 0.6 is 0 Å². The maximum atomic E-state index is 14.6. The van der Waals surface area contributed by atoms with Crippen LogP contribution < -0.4 is 5.32 Å². The molecule has 0 aliphatic carbocycles. The van der Waals surface area contributed by atoms with Gasteiger partial charge in [-0.2, -0.15) is 0 Å². The lowest BCUT2D eigenvalue weighted by atomic mass is 9.94. The lowest BCUT2D eigenvalue weighted by molar-refractivity contribution is 0.223. The lowest BCUT2D eigenvalue weighted by Gasteiger charge is -2.18. The predicted molar refractivity (Wildman–Crippen MR) is 91.5 cm³/mol. The van der Waals surface area contributed by atoms with Gasteiger partial charge in [0.05, 0.1) is 11.2 Å². The first-order valence-corrected chi connectivity index (χ1v) is 7.37. The van der Waals surface area contributed by atoms with E-state index in [1.807, 2.05) is 55.7 Å². The second kappa shape index (κ2) is 5.41. The molecule has 1 aromatic heterocycles. The van der Waals surface area contributed by atoms with Crippen LogP contribution in [0.25, 0.3) is 27.8 Å². The number of pyridine rings is 1. The number of nitrogens with zero attached hydrogens (tertiary/aromatic N) is 1. The van der Waals surface area contributed by atoms with Gasteiger partial charge in [-0.25, -0.2) is 9.37 Å². The van der Waals surface area contributed by atoms with E-state index < -0.39 is 5.67 Å². The number of halogens is 1. The quantitative estimate of drug-likeness (QED) is 0.703. The molecule has 2 aromatic carbocycles. The van der Waals surface area contributed by atoms with Gasteiger partial charge in [0.15, 0.2) is 0 Å². The van der Waals surface area contributed by atoms with Crippen molar-refractivity contribution >= 4 is 27.8 Å². The Morgan fingerprint density at radius 3 is 2.36 bits per heavy atom. The van der Waals surface area contributed by atoms with Gasteiger partial charge in [0.2, 0.25) is 0 Å². The molecule has 0 aliphatic rings. The molecule has 1 heterocycles. The summed E-state index contributed by atoms with van der Waals surface area (Å²) in [5.74, 6) is 0. The van der Waals surface area contributed by atoms with E-state index in [-0.39, 0.29) is 0 Å². The molecule has 3 rings (SSSR count). The van der Waals surface area contributed by atoms with Gasteiger partial charge in [-0.15, -0.1) is 0 Å². The predicted octanol–water partition coefficient (Wildman–Crippen LogP) is 4.78. The number of benzene rings is 2. The highest BCUT2D eigenvalue weighted by atomic mass is 19.1. The van der Waals surface area contributed by atoms with Crippen molar-refractivity contribution in [2.45, 2.75) is 19.5 Å². The SMILES string of the molecule is CN/C=C\c1nc2c(C(C)(C)F)cccc2c2ccccc12. The largest absolute Gasteiger partial charge is 0.394 e. The molecule has 3 heteroatoms. The van der Waals surface area contributed by atoms with E-state index in [0.29, 0.717) is 5.56 Å². The van der Waals surface area contributed by atoms with Gasteiger partial charge in [-0.3, -0.25) is 0 Å². The Labute approximate surface area is 129 Å². The number of nitrogens with one attached hydrogen (secondary N) is 1. The molecule has 0 amide bonds. The Morgan fingerprint density at radius 2 is 1.68 bits per heavy atom. The topological polar surface area (TPSA) is 24.9 Å². The van der Waals surface area contributed by atoms with E-state index in [0.717, 1.165) is 27.4 Å². The van der Waals surface area contributed by atoms with E-state index >= 15 is 0 Å². The number of rotatable bonds is 3. The number of hydrogen-bond donors (Lipinski definition) is 1. The van der Waals surface area contributed by atoms with Crippen LogP contribution in [0.5, 0.6) is 0 Å². The van der Waals surface area contributed by atoms with Crippen LogP contribution in [0, 0.1) is 0 Å². The van der Waals surface area contributed by atoms with Gasteiger partial charge in [-0.1, -0.05) is 42.5 Å². The summed E-state index contributed by atoms with van der Waals surface area (Å²) in [6.07, 6.45) is 3.76. The van der Waals surface area contributed by atoms with Crippen molar-refractivity contribution in [2.75, 3.05) is 7.05 Å². The van der Waals surface area contributed by atoms with Gasteiger partial charge in [0.25, 0.3) is 0 Å². The molecule has 0 saturated carbocycles. The molecule has 0 bridgehead atoms. The highest BCUT2D eigenvalue weighted by Gasteiger charge is 2.23. The smallest absolute Gasteiger partial charge is 0.132 e. The summed E-state index contributed by atoms with van der Waals surface area (Å²) >= 11 is 0. The molecule has 0 fully saturated rings. The van der Waals surface area contributed by atoms with Crippen molar-refractivity contribution in [1.82, 2.24) is 10.3 Å². The minimum Gasteiger partial charge on any atom is -0.394 e. The monoisotopic (exact) mass is 294 g/mol. The molecule has 0 radical (unpaired) electrons. The second-order valence-corrected chi connectivity index (χ2v) is 5.84. The third-order valence-corrected chi connectivity index (χ3v) is 3.81. The molecular weight excluding hydrogens is 275 g/mol. The van der Waals surface area contributed by atoms with E-state index in [1.54, 1.807) is 13.8 Å². The third kappa shape index (κ3) is 2.43. The van der Waals surface area contributed by atoms with Crippen LogP contribution in [0.1, 0.15) is 25.1 Å². The van der Waals surface area contributed by atoms with Crippen molar-refractivity contribution in [2.24, 2.45) is 0 Å². The normalized spacial score (nSPS) is 12.4. The molecule has 112 valence electrons. The number of aromatic nitrogens is 1. The van der Waals surface area contributed by atoms with Gasteiger partial charge >= 0.3 is 0 Å². The maximum Gasteiger partial charge on any atom is 0.132 e. The van der Waals surface area contributed by atoms with E-state index in [9.17, 15) is 4.39 Å². The second-order valence-electron chi connectivity index (χ2n) is 5.84. The first-order chi connectivity index (χ1) is 10.5. The van der Waals surface area contributed by atoms with E-state index in [2.05, 4.69) is 11.4 Å². The average Bonchev–Trinajstić information content (AvgIpc) is 2.51. The fourth-order valence-electron chi connectivity index (χ4n) is 2.77. The van der Waals surface area contributed by atoms with Crippen LogP contribution in [0.3, 0.4) is 0 Å². The van der Waals surface area contributed by atoms with Crippen molar-refractivity contribution in [1.29, 1.82) is 0 Å². The van der Waals surface area contributed by atoms with Crippen molar-refractivity contribution in [3.05, 3.63) is 59.9 Å². The molecule has 0 unspecified atom stereocenters. The van der Waals surface area contributed by atoms with Crippen molar-refractivity contribution < 1.29 is 4.39 Å². The molecule has 0 atom stereocenters. The van der Waals surface area contributed by atoms with Crippen LogP contribution in [0.2, 0.25) is 0 Å². The molecule has 3 aromatic rings. The van der Waals surface area contributed by atoms with E-state index in [4.69, 9.17) is 4.98 Å². The highest BCUT2D eigenvalue weighted by Crippen LogP contribution is 2.34. The van der Waals surface area contributed by atoms with Gasteiger partial charge < -0.3 is 5.32 Å². The molecule has 1 N–H and O–H groups in total. The first-order valence-electron chi connectivity index (χ1n) is 7.37. The van der Waals surface area contributed by atoms with Crippen molar-refractivity contribution in [3.63, 3.8) is 0 Å². The Bertz CT molecular complexity index is 860. The summed E-state index contributed by atoms with van der Waals surface area (Å²) in [5.41, 5.74) is 0.757. The Hall–Kier alpha value is -2.42. The van der Waals surface area contributed by atoms with Gasteiger partial charge in [0, 0.05) is 23.4 Å². The fourth-order valence-corrected chi connectivity index (χ4v) is 2.77. The number of hydrogen-bond acceptors (Lipinski definition) is 2. The summed E-state index contributed by atoms with van der Waals surface area (Å²) in [4.78, 5) is 4.74. The zero-order valence-corrected chi connectivity index (χ0v) is 13.0. The van der Waals surface area contributed by atoms with Gasteiger partial charge in [0.1, 0.15) is 5.67 Å². The summed E-state index contributed by atoms with van der Waals surface area (Å²) in [6.45, 7) is 3.14. The van der Waals surface area contributed by atoms with Gasteiger partial charge in [-0.05, 0) is 31.5 Å². The Morgan fingerprint density at radius 1 is 1.00 bits per heavy atom. The molecule has 0 aliphatic heterocycles. The Kier molecular flexibility index (Phi) is 3.57. The standard InChI is InChI=1S/C19H19FN2/c1-19(2,20)16-10-6-9-15-13-7-4-5-8-14(13)17(11-12-21-3)22-18(15)16/h4-12,21H,1-3H3/b12-11-. The summed E-state index contributed by atoms with van der Waals surface area (Å²) in [7, 11) is 1.84. The van der Waals surface area contributed by atoms with Crippen molar-refractivity contribution in [3.8, 4) is 0 Å². The summed E-state index contributed by atoms with van der Waals surface area (Å²) < 4.78 is 14.6. The number of fused-ring (bicyclic) bond motifs is 3. The highest BCUT2D eigenvalue weighted by molar-refractivity contribution is 6.09. The zero-order chi connectivity index (χ0) is 15.7. The molecular formula is C19H19FN2. The zero-order valence-electron chi connectivity index (χ0n) is 13.0. The van der Waals surface area contributed by atoms with E-state index in [1.165, 1.54) is 0 Å². The summed E-state index contributed by atoms with van der Waals surface area (Å²) in [5, 5.41) is 6.12. The molecule has 22 heavy (non-hydrogen) atoms. The number of para-hydroxylation sites is 1. The molecule has 2 nitrogen and oxygen atoms in total. The van der Waals surface area contributed by atoms with Crippen LogP contribution in [0.4, 0.5) is 4.39 Å². The Balaban J connectivity index is 2.46. The lowest BCUT2D eigenvalue weighted by Crippen LogP contribution is -2.10. The molecule has 0 spiro atoms. The molecule has 0 saturated heterocycles.